The first-order valence-corrected chi connectivity index (χ1v) is 5.47. The molecule has 0 saturated heterocycles. The fraction of sp³-hybridized carbons (Fsp3) is 0.545. The number of nitrogens with two attached hydrogens (primary N) is 1. The van der Waals surface area contributed by atoms with Crippen LogP contribution in [0.2, 0.25) is 5.15 Å². The Labute approximate surface area is 89.5 Å². The lowest BCUT2D eigenvalue weighted by Crippen LogP contribution is -2.31. The molecule has 0 radical (unpaired) electrons. The lowest BCUT2D eigenvalue weighted by molar-refractivity contribution is 0.452. The van der Waals surface area contributed by atoms with Crippen molar-refractivity contribution >= 4 is 11.6 Å². The Kier molecular flexibility index (Phi) is 2.75. The van der Waals surface area contributed by atoms with Gasteiger partial charge in [0.15, 0.2) is 0 Å². The Hall–Kier alpha value is -0.600. The predicted octanol–water partition coefficient (Wildman–Crippen LogP) is 2.51. The average molecular weight is 211 g/mol. The van der Waals surface area contributed by atoms with E-state index in [0.29, 0.717) is 11.7 Å². The molecule has 1 saturated carbocycles. The van der Waals surface area contributed by atoms with E-state index in [1.165, 1.54) is 31.2 Å². The van der Waals surface area contributed by atoms with Crippen molar-refractivity contribution in [3.63, 3.8) is 0 Å². The predicted molar refractivity (Wildman–Crippen MR) is 58.4 cm³/mol. The Morgan fingerprint density at radius 1 is 1.43 bits per heavy atom. The molecule has 0 spiro atoms. The molecule has 0 atom stereocenters. The van der Waals surface area contributed by atoms with Crippen LogP contribution in [-0.4, -0.2) is 11.5 Å². The van der Waals surface area contributed by atoms with Crippen LogP contribution in [0.4, 0.5) is 0 Å². The third kappa shape index (κ3) is 1.64. The minimum absolute atomic E-state index is 0.173. The molecule has 1 aromatic rings. The normalized spacial score (nSPS) is 19.9. The van der Waals surface area contributed by atoms with Gasteiger partial charge < -0.3 is 5.73 Å². The molecule has 2 N–H and O–H groups in total. The van der Waals surface area contributed by atoms with Gasteiger partial charge >= 0.3 is 0 Å². The van der Waals surface area contributed by atoms with E-state index in [1.807, 2.05) is 12.1 Å². The van der Waals surface area contributed by atoms with Crippen LogP contribution in [-0.2, 0) is 5.41 Å². The monoisotopic (exact) mass is 210 g/mol. The van der Waals surface area contributed by atoms with E-state index in [4.69, 9.17) is 17.3 Å². The van der Waals surface area contributed by atoms with E-state index in [-0.39, 0.29) is 5.41 Å². The molecule has 1 aliphatic rings. The van der Waals surface area contributed by atoms with E-state index in [9.17, 15) is 0 Å². The Morgan fingerprint density at radius 2 is 2.14 bits per heavy atom. The van der Waals surface area contributed by atoms with E-state index in [2.05, 4.69) is 4.98 Å². The van der Waals surface area contributed by atoms with Crippen molar-refractivity contribution in [3.05, 3.63) is 29.0 Å². The average Bonchev–Trinajstić information content (AvgIpc) is 2.67. The van der Waals surface area contributed by atoms with Crippen LogP contribution < -0.4 is 5.73 Å². The first-order valence-electron chi connectivity index (χ1n) is 5.09. The molecule has 2 nitrogen and oxygen atoms in total. The summed E-state index contributed by atoms with van der Waals surface area (Å²) in [6.45, 7) is 0.716. The third-order valence-corrected chi connectivity index (χ3v) is 3.50. The van der Waals surface area contributed by atoms with Crippen molar-refractivity contribution in [2.45, 2.75) is 31.1 Å². The summed E-state index contributed by atoms with van der Waals surface area (Å²) in [6, 6.07) is 4.00. The molecule has 1 aliphatic carbocycles. The summed E-state index contributed by atoms with van der Waals surface area (Å²) in [5.41, 5.74) is 7.32. The summed E-state index contributed by atoms with van der Waals surface area (Å²) in [5, 5.41) is 0.572. The van der Waals surface area contributed by atoms with Crippen LogP contribution in [0.3, 0.4) is 0 Å². The Morgan fingerprint density at radius 3 is 2.71 bits per heavy atom. The van der Waals surface area contributed by atoms with E-state index < -0.39 is 0 Å². The van der Waals surface area contributed by atoms with Crippen molar-refractivity contribution in [3.8, 4) is 0 Å². The highest BCUT2D eigenvalue weighted by Gasteiger charge is 2.34. The highest BCUT2D eigenvalue weighted by Crippen LogP contribution is 2.40. The molecule has 14 heavy (non-hydrogen) atoms. The fourth-order valence-electron chi connectivity index (χ4n) is 2.39. The number of nitrogens with zero attached hydrogens (tertiary/aromatic N) is 1. The van der Waals surface area contributed by atoms with Crippen molar-refractivity contribution in [1.29, 1.82) is 0 Å². The molecule has 0 aromatic carbocycles. The number of pyridine rings is 1. The highest BCUT2D eigenvalue weighted by molar-refractivity contribution is 6.29. The Balaban J connectivity index is 2.35. The molecule has 0 unspecified atom stereocenters. The number of hydrogen-bond donors (Lipinski definition) is 1. The smallest absolute Gasteiger partial charge is 0.129 e. The van der Waals surface area contributed by atoms with Crippen LogP contribution in [0.1, 0.15) is 31.2 Å². The van der Waals surface area contributed by atoms with Crippen molar-refractivity contribution < 1.29 is 0 Å². The zero-order valence-corrected chi connectivity index (χ0v) is 8.93. The first kappa shape index (κ1) is 9.94. The quantitative estimate of drug-likeness (QED) is 0.762. The SMILES string of the molecule is NCC1(c2ccnc(Cl)c2)CCCC1. The lowest BCUT2D eigenvalue weighted by Gasteiger charge is -2.27. The maximum absolute atomic E-state index is 5.89. The summed E-state index contributed by atoms with van der Waals surface area (Å²) < 4.78 is 0. The molecule has 1 aromatic heterocycles. The second-order valence-electron chi connectivity index (χ2n) is 4.06. The number of halogens is 1. The van der Waals surface area contributed by atoms with Gasteiger partial charge in [-0.15, -0.1) is 0 Å². The topological polar surface area (TPSA) is 38.9 Å². The second-order valence-corrected chi connectivity index (χ2v) is 4.45. The summed E-state index contributed by atoms with van der Waals surface area (Å²) in [7, 11) is 0. The largest absolute Gasteiger partial charge is 0.330 e. The number of hydrogen-bond acceptors (Lipinski definition) is 2. The van der Waals surface area contributed by atoms with Gasteiger partial charge in [-0.2, -0.15) is 0 Å². The van der Waals surface area contributed by atoms with Gasteiger partial charge in [0, 0.05) is 18.2 Å². The fourth-order valence-corrected chi connectivity index (χ4v) is 2.57. The molecule has 0 bridgehead atoms. The van der Waals surface area contributed by atoms with Gasteiger partial charge in [0.1, 0.15) is 5.15 Å². The summed E-state index contributed by atoms with van der Waals surface area (Å²) in [6.07, 6.45) is 6.69. The number of aromatic nitrogens is 1. The van der Waals surface area contributed by atoms with Gasteiger partial charge in [-0.3, -0.25) is 0 Å². The molecular weight excluding hydrogens is 196 g/mol. The van der Waals surface area contributed by atoms with Gasteiger partial charge in [-0.25, -0.2) is 4.98 Å². The van der Waals surface area contributed by atoms with Crippen LogP contribution >= 0.6 is 11.6 Å². The van der Waals surface area contributed by atoms with Crippen molar-refractivity contribution in [2.24, 2.45) is 5.73 Å². The molecule has 3 heteroatoms. The minimum Gasteiger partial charge on any atom is -0.330 e. The molecule has 0 amide bonds. The first-order chi connectivity index (χ1) is 6.77. The van der Waals surface area contributed by atoms with Crippen molar-refractivity contribution in [2.75, 3.05) is 6.54 Å². The van der Waals surface area contributed by atoms with E-state index in [1.54, 1.807) is 6.20 Å². The zero-order valence-electron chi connectivity index (χ0n) is 8.17. The third-order valence-electron chi connectivity index (χ3n) is 3.29. The van der Waals surface area contributed by atoms with E-state index in [0.717, 1.165) is 0 Å². The van der Waals surface area contributed by atoms with Gasteiger partial charge in [0.05, 0.1) is 0 Å². The summed E-state index contributed by atoms with van der Waals surface area (Å²) in [5.74, 6) is 0. The molecule has 2 rings (SSSR count). The summed E-state index contributed by atoms with van der Waals surface area (Å²) in [4.78, 5) is 4.00. The standard InChI is InChI=1S/C11H15ClN2/c12-10-7-9(3-6-14-10)11(8-13)4-1-2-5-11/h3,6-7H,1-2,4-5,8,13H2. The lowest BCUT2D eigenvalue weighted by atomic mass is 9.79. The van der Waals surface area contributed by atoms with Gasteiger partial charge in [-0.1, -0.05) is 24.4 Å². The molecular formula is C11H15ClN2. The molecule has 1 fully saturated rings. The van der Waals surface area contributed by atoms with Gasteiger partial charge in [-0.05, 0) is 30.5 Å². The van der Waals surface area contributed by atoms with Crippen molar-refractivity contribution in [1.82, 2.24) is 4.98 Å². The van der Waals surface area contributed by atoms with Crippen LogP contribution in [0, 0.1) is 0 Å². The van der Waals surface area contributed by atoms with Crippen LogP contribution in [0.15, 0.2) is 18.3 Å². The maximum Gasteiger partial charge on any atom is 0.129 e. The van der Waals surface area contributed by atoms with Crippen LogP contribution in [0.5, 0.6) is 0 Å². The minimum atomic E-state index is 0.173. The number of rotatable bonds is 2. The van der Waals surface area contributed by atoms with Gasteiger partial charge in [0.2, 0.25) is 0 Å². The molecule has 1 heterocycles. The Bertz CT molecular complexity index is 319. The summed E-state index contributed by atoms with van der Waals surface area (Å²) >= 11 is 5.89. The highest BCUT2D eigenvalue weighted by atomic mass is 35.5. The van der Waals surface area contributed by atoms with E-state index >= 15 is 0 Å². The van der Waals surface area contributed by atoms with Gasteiger partial charge in [0.25, 0.3) is 0 Å². The van der Waals surface area contributed by atoms with Crippen LogP contribution in [0.25, 0.3) is 0 Å². The second kappa shape index (κ2) is 3.87. The molecule has 76 valence electrons. The zero-order chi connectivity index (χ0) is 10.0. The maximum atomic E-state index is 5.89. The molecule has 0 aliphatic heterocycles.